The predicted molar refractivity (Wildman–Crippen MR) is 143 cm³/mol. The Hall–Kier alpha value is -4.28. The van der Waals surface area contributed by atoms with Gasteiger partial charge >= 0.3 is 0 Å². The van der Waals surface area contributed by atoms with Crippen molar-refractivity contribution >= 4 is 23.4 Å². The summed E-state index contributed by atoms with van der Waals surface area (Å²) >= 11 is 1.23. The molecule has 0 bridgehead atoms. The molecule has 0 atom stereocenters. The van der Waals surface area contributed by atoms with Gasteiger partial charge in [0.2, 0.25) is 5.91 Å². The zero-order chi connectivity index (χ0) is 25.5. The van der Waals surface area contributed by atoms with Crippen LogP contribution in [-0.2, 0) is 4.79 Å². The summed E-state index contributed by atoms with van der Waals surface area (Å²) in [6.07, 6.45) is 0. The van der Waals surface area contributed by atoms with Crippen molar-refractivity contribution in [2.75, 3.05) is 25.3 Å². The lowest BCUT2D eigenvalue weighted by molar-refractivity contribution is -0.113. The lowest BCUT2D eigenvalue weighted by atomic mass is 9.99. The number of amides is 1. The van der Waals surface area contributed by atoms with E-state index in [1.807, 2.05) is 67.6 Å². The van der Waals surface area contributed by atoms with E-state index >= 15 is 0 Å². The summed E-state index contributed by atoms with van der Waals surface area (Å²) in [5, 5.41) is 13.4. The summed E-state index contributed by atoms with van der Waals surface area (Å²) < 4.78 is 10.6. The van der Waals surface area contributed by atoms with Crippen LogP contribution in [0.15, 0.2) is 83.9 Å². The highest BCUT2D eigenvalue weighted by Crippen LogP contribution is 2.35. The van der Waals surface area contributed by atoms with Gasteiger partial charge in [0.1, 0.15) is 22.6 Å². The van der Waals surface area contributed by atoms with Crippen molar-refractivity contribution in [3.05, 3.63) is 90.0 Å². The number of pyridine rings is 1. The standard InChI is InChI=1S/C29H25N3O3S/c1-19-9-11-21(12-10-19)26-16-23(20-7-5-4-6-8-20)24(17-30)29(32-26)36-18-28(33)31-25-14-13-22(34-2)15-27(25)35-3/h4-16H,18H2,1-3H3,(H,31,33). The number of hydrogen-bond acceptors (Lipinski definition) is 6. The van der Waals surface area contributed by atoms with Crippen molar-refractivity contribution in [3.63, 3.8) is 0 Å². The molecule has 0 saturated carbocycles. The van der Waals surface area contributed by atoms with Crippen LogP contribution in [0, 0.1) is 18.3 Å². The average Bonchev–Trinajstić information content (AvgIpc) is 2.92. The van der Waals surface area contributed by atoms with Gasteiger partial charge in [-0.25, -0.2) is 4.98 Å². The molecule has 3 aromatic carbocycles. The molecular weight excluding hydrogens is 470 g/mol. The van der Waals surface area contributed by atoms with Crippen molar-refractivity contribution in [3.8, 4) is 40.0 Å². The monoisotopic (exact) mass is 495 g/mol. The number of aromatic nitrogens is 1. The molecule has 0 fully saturated rings. The molecule has 1 amide bonds. The molecule has 0 aliphatic carbocycles. The first-order valence-corrected chi connectivity index (χ1v) is 12.2. The minimum atomic E-state index is -0.240. The van der Waals surface area contributed by atoms with Gasteiger partial charge in [0.15, 0.2) is 0 Å². The van der Waals surface area contributed by atoms with E-state index in [1.165, 1.54) is 18.9 Å². The number of carbonyl (C=O) groups is 1. The van der Waals surface area contributed by atoms with Gasteiger partial charge in [-0.1, -0.05) is 71.9 Å². The van der Waals surface area contributed by atoms with Crippen LogP contribution >= 0.6 is 11.8 Å². The fraction of sp³-hybridized carbons (Fsp3) is 0.138. The number of nitrogens with one attached hydrogen (secondary N) is 1. The number of anilines is 1. The van der Waals surface area contributed by atoms with Crippen LogP contribution in [0.4, 0.5) is 5.69 Å². The second kappa shape index (κ2) is 11.4. The number of aryl methyl sites for hydroxylation is 1. The Labute approximate surface area is 214 Å². The zero-order valence-electron chi connectivity index (χ0n) is 20.2. The number of carbonyl (C=O) groups excluding carboxylic acids is 1. The fourth-order valence-electron chi connectivity index (χ4n) is 3.67. The molecule has 7 heteroatoms. The Balaban J connectivity index is 1.65. The molecule has 1 aromatic heterocycles. The first-order valence-electron chi connectivity index (χ1n) is 11.2. The van der Waals surface area contributed by atoms with Gasteiger partial charge in [-0.15, -0.1) is 0 Å². The molecule has 1 N–H and O–H groups in total. The van der Waals surface area contributed by atoms with Crippen LogP contribution < -0.4 is 14.8 Å². The Morgan fingerprint density at radius 2 is 1.72 bits per heavy atom. The van der Waals surface area contributed by atoms with Gasteiger partial charge in [0.25, 0.3) is 0 Å². The highest BCUT2D eigenvalue weighted by molar-refractivity contribution is 8.00. The van der Waals surface area contributed by atoms with E-state index in [1.54, 1.807) is 25.3 Å². The molecule has 4 aromatic rings. The maximum Gasteiger partial charge on any atom is 0.234 e. The molecule has 1 heterocycles. The number of ether oxygens (including phenoxy) is 2. The van der Waals surface area contributed by atoms with Crippen molar-refractivity contribution in [1.82, 2.24) is 4.98 Å². The Morgan fingerprint density at radius 3 is 2.39 bits per heavy atom. The van der Waals surface area contributed by atoms with Gasteiger partial charge in [-0.3, -0.25) is 4.79 Å². The molecule has 180 valence electrons. The van der Waals surface area contributed by atoms with E-state index in [9.17, 15) is 10.1 Å². The van der Waals surface area contributed by atoms with Crippen molar-refractivity contribution in [2.24, 2.45) is 0 Å². The SMILES string of the molecule is COc1ccc(NC(=O)CSc2nc(-c3ccc(C)cc3)cc(-c3ccccc3)c2C#N)c(OC)c1. The predicted octanol–water partition coefficient (Wildman–Crippen LogP) is 6.34. The van der Waals surface area contributed by atoms with E-state index in [-0.39, 0.29) is 11.7 Å². The number of nitriles is 1. The summed E-state index contributed by atoms with van der Waals surface area (Å²) in [5.74, 6) is 0.957. The molecular formula is C29H25N3O3S. The minimum absolute atomic E-state index is 0.0719. The largest absolute Gasteiger partial charge is 0.497 e. The van der Waals surface area contributed by atoms with E-state index in [0.29, 0.717) is 27.8 Å². The Bertz CT molecular complexity index is 1410. The number of rotatable bonds is 8. The summed E-state index contributed by atoms with van der Waals surface area (Å²) in [6.45, 7) is 2.03. The molecule has 0 radical (unpaired) electrons. The topological polar surface area (TPSA) is 84.2 Å². The first kappa shape index (κ1) is 24.8. The number of thioether (sulfide) groups is 1. The molecule has 4 rings (SSSR count). The van der Waals surface area contributed by atoms with E-state index in [4.69, 9.17) is 14.5 Å². The summed E-state index contributed by atoms with van der Waals surface area (Å²) in [5.41, 5.74) is 5.51. The van der Waals surface area contributed by atoms with E-state index in [0.717, 1.165) is 27.9 Å². The third-order valence-electron chi connectivity index (χ3n) is 5.55. The van der Waals surface area contributed by atoms with Gasteiger partial charge < -0.3 is 14.8 Å². The molecule has 0 spiro atoms. The lowest BCUT2D eigenvalue weighted by Crippen LogP contribution is -2.15. The van der Waals surface area contributed by atoms with Crippen molar-refractivity contribution in [1.29, 1.82) is 5.26 Å². The van der Waals surface area contributed by atoms with Crippen LogP contribution in [0.1, 0.15) is 11.1 Å². The molecule has 0 aliphatic heterocycles. The van der Waals surface area contributed by atoms with Gasteiger partial charge in [0.05, 0.1) is 36.9 Å². The number of benzene rings is 3. The highest BCUT2D eigenvalue weighted by Gasteiger charge is 2.17. The number of methoxy groups -OCH3 is 2. The second-order valence-electron chi connectivity index (χ2n) is 7.98. The highest BCUT2D eigenvalue weighted by atomic mass is 32.2. The molecule has 6 nitrogen and oxygen atoms in total. The molecule has 0 unspecified atom stereocenters. The van der Waals surface area contributed by atoms with Crippen LogP contribution in [0.25, 0.3) is 22.4 Å². The van der Waals surface area contributed by atoms with E-state index < -0.39 is 0 Å². The smallest absolute Gasteiger partial charge is 0.234 e. The first-order chi connectivity index (χ1) is 17.5. The molecule has 36 heavy (non-hydrogen) atoms. The maximum atomic E-state index is 12.8. The average molecular weight is 496 g/mol. The van der Waals surface area contributed by atoms with Gasteiger partial charge in [-0.05, 0) is 30.7 Å². The van der Waals surface area contributed by atoms with Crippen molar-refractivity contribution in [2.45, 2.75) is 11.9 Å². The minimum Gasteiger partial charge on any atom is -0.497 e. The fourth-order valence-corrected chi connectivity index (χ4v) is 4.48. The third-order valence-corrected chi connectivity index (χ3v) is 6.53. The molecule has 0 aliphatic rings. The summed E-state index contributed by atoms with van der Waals surface area (Å²) in [7, 11) is 3.10. The maximum absolute atomic E-state index is 12.8. The Kier molecular flexibility index (Phi) is 7.89. The Morgan fingerprint density at radius 1 is 0.972 bits per heavy atom. The van der Waals surface area contributed by atoms with Gasteiger partial charge in [0, 0.05) is 17.2 Å². The van der Waals surface area contributed by atoms with Gasteiger partial charge in [-0.2, -0.15) is 5.26 Å². The van der Waals surface area contributed by atoms with Crippen LogP contribution in [0.3, 0.4) is 0 Å². The number of hydrogen-bond donors (Lipinski definition) is 1. The normalized spacial score (nSPS) is 10.4. The quantitative estimate of drug-likeness (QED) is 0.287. The van der Waals surface area contributed by atoms with Crippen LogP contribution in [0.2, 0.25) is 0 Å². The summed E-state index contributed by atoms with van der Waals surface area (Å²) in [4.78, 5) is 17.6. The lowest BCUT2D eigenvalue weighted by Gasteiger charge is -2.14. The number of nitrogens with zero attached hydrogens (tertiary/aromatic N) is 2. The van der Waals surface area contributed by atoms with Crippen LogP contribution in [-0.4, -0.2) is 30.9 Å². The van der Waals surface area contributed by atoms with E-state index in [2.05, 4.69) is 11.4 Å². The second-order valence-corrected chi connectivity index (χ2v) is 8.95. The third kappa shape index (κ3) is 5.68. The molecule has 0 saturated heterocycles. The summed E-state index contributed by atoms with van der Waals surface area (Å²) in [6, 6.07) is 27.2. The zero-order valence-corrected chi connectivity index (χ0v) is 21.1. The van der Waals surface area contributed by atoms with Crippen LogP contribution in [0.5, 0.6) is 11.5 Å². The van der Waals surface area contributed by atoms with Crippen molar-refractivity contribution < 1.29 is 14.3 Å².